The third kappa shape index (κ3) is 6.27. The van der Waals surface area contributed by atoms with Gasteiger partial charge in [0.1, 0.15) is 5.75 Å². The Hall–Kier alpha value is -3.35. The van der Waals surface area contributed by atoms with Crippen LogP contribution in [0.25, 0.3) is 18.2 Å². The van der Waals surface area contributed by atoms with Gasteiger partial charge in [0.05, 0.1) is 28.4 Å². The molecule has 0 saturated carbocycles. The number of rotatable bonds is 7. The Kier molecular flexibility index (Phi) is 8.36. The Morgan fingerprint density at radius 1 is 0.692 bits per heavy atom. The molecule has 138 valence electrons. The van der Waals surface area contributed by atoms with E-state index in [1.54, 1.807) is 12.1 Å². The van der Waals surface area contributed by atoms with Gasteiger partial charge in [0.25, 0.3) is 0 Å². The molecule has 7 heteroatoms. The molecule has 7 nitrogen and oxygen atoms in total. The smallest absolute Gasteiger partial charge is 0.330 e. The molecule has 26 heavy (non-hydrogen) atoms. The fourth-order valence-corrected chi connectivity index (χ4v) is 1.96. The van der Waals surface area contributed by atoms with E-state index in [9.17, 15) is 14.4 Å². The van der Waals surface area contributed by atoms with Crippen molar-refractivity contribution in [2.45, 2.75) is 0 Å². The standard InChI is InChI=1S/C19H20O7/c1-23-16(20)8-5-13-11-14(6-9-17(21)24-2)19(26-4)15(12-13)7-10-18(22)25-3/h5-12H,1-4H3/b8-5+,9-6+,10-7+. The molecule has 0 amide bonds. The van der Waals surface area contributed by atoms with Crippen LogP contribution in [-0.2, 0) is 28.6 Å². The van der Waals surface area contributed by atoms with Crippen molar-refractivity contribution in [3.8, 4) is 5.75 Å². The number of ether oxygens (including phenoxy) is 4. The minimum atomic E-state index is -0.533. The van der Waals surface area contributed by atoms with Crippen LogP contribution in [0.5, 0.6) is 5.75 Å². The topological polar surface area (TPSA) is 88.1 Å². The highest BCUT2D eigenvalue weighted by Gasteiger charge is 2.09. The summed E-state index contributed by atoms with van der Waals surface area (Å²) in [5.74, 6) is -1.15. The van der Waals surface area contributed by atoms with Gasteiger partial charge in [-0.15, -0.1) is 0 Å². The quantitative estimate of drug-likeness (QED) is 0.419. The summed E-state index contributed by atoms with van der Waals surface area (Å²) in [4.78, 5) is 34.0. The van der Waals surface area contributed by atoms with Crippen LogP contribution in [0.1, 0.15) is 16.7 Å². The second-order valence-electron chi connectivity index (χ2n) is 4.80. The molecule has 0 N–H and O–H groups in total. The highest BCUT2D eigenvalue weighted by Crippen LogP contribution is 2.29. The van der Waals surface area contributed by atoms with E-state index >= 15 is 0 Å². The average molecular weight is 360 g/mol. The van der Waals surface area contributed by atoms with Crippen LogP contribution < -0.4 is 4.74 Å². The maximum atomic E-state index is 11.4. The van der Waals surface area contributed by atoms with Crippen molar-refractivity contribution in [1.82, 2.24) is 0 Å². The largest absolute Gasteiger partial charge is 0.496 e. The van der Waals surface area contributed by atoms with Gasteiger partial charge in [-0.25, -0.2) is 14.4 Å². The Labute approximate surface area is 151 Å². The number of esters is 3. The summed E-state index contributed by atoms with van der Waals surface area (Å²) in [5, 5.41) is 0. The van der Waals surface area contributed by atoms with Crippen LogP contribution in [0, 0.1) is 0 Å². The predicted octanol–water partition coefficient (Wildman–Crippen LogP) is 2.25. The van der Waals surface area contributed by atoms with E-state index in [0.717, 1.165) is 0 Å². The fraction of sp³-hybridized carbons (Fsp3) is 0.211. The SMILES string of the molecule is COC(=O)/C=C/c1cc(/C=C/C(=O)OC)c(OC)c(/C=C/C(=O)OC)c1. The third-order valence-electron chi connectivity index (χ3n) is 3.19. The van der Waals surface area contributed by atoms with Gasteiger partial charge >= 0.3 is 17.9 Å². The molecule has 0 saturated heterocycles. The van der Waals surface area contributed by atoms with Crippen molar-refractivity contribution in [3.63, 3.8) is 0 Å². The van der Waals surface area contributed by atoms with Crippen LogP contribution in [0.4, 0.5) is 0 Å². The molecule has 0 atom stereocenters. The second-order valence-corrected chi connectivity index (χ2v) is 4.80. The van der Waals surface area contributed by atoms with Crippen molar-refractivity contribution < 1.29 is 33.3 Å². The van der Waals surface area contributed by atoms with E-state index in [0.29, 0.717) is 22.4 Å². The Morgan fingerprint density at radius 3 is 1.42 bits per heavy atom. The molecule has 0 aliphatic rings. The van der Waals surface area contributed by atoms with Gasteiger partial charge in [0.2, 0.25) is 0 Å². The van der Waals surface area contributed by atoms with Crippen LogP contribution >= 0.6 is 0 Å². The maximum absolute atomic E-state index is 11.4. The van der Waals surface area contributed by atoms with Crippen molar-refractivity contribution >= 4 is 36.1 Å². The Balaban J connectivity index is 3.44. The molecule has 0 radical (unpaired) electrons. The molecule has 0 spiro atoms. The minimum absolute atomic E-state index is 0.431. The van der Waals surface area contributed by atoms with Crippen molar-refractivity contribution in [3.05, 3.63) is 47.1 Å². The highest BCUT2D eigenvalue weighted by molar-refractivity contribution is 5.91. The zero-order chi connectivity index (χ0) is 19.5. The summed E-state index contributed by atoms with van der Waals surface area (Å²) in [5.41, 5.74) is 1.73. The Morgan fingerprint density at radius 2 is 1.08 bits per heavy atom. The normalized spacial score (nSPS) is 11.1. The van der Waals surface area contributed by atoms with Crippen molar-refractivity contribution in [1.29, 1.82) is 0 Å². The molecular formula is C19H20O7. The molecule has 0 aromatic heterocycles. The monoisotopic (exact) mass is 360 g/mol. The number of hydrogen-bond acceptors (Lipinski definition) is 7. The number of carbonyl (C=O) groups is 3. The lowest BCUT2D eigenvalue weighted by Gasteiger charge is -2.11. The molecule has 1 aromatic carbocycles. The van der Waals surface area contributed by atoms with Crippen LogP contribution in [-0.4, -0.2) is 46.3 Å². The molecular weight excluding hydrogens is 340 g/mol. The number of methoxy groups -OCH3 is 4. The van der Waals surface area contributed by atoms with Crippen LogP contribution in [0.2, 0.25) is 0 Å². The van der Waals surface area contributed by atoms with Gasteiger partial charge in [-0.3, -0.25) is 0 Å². The van der Waals surface area contributed by atoms with E-state index in [1.807, 2.05) is 0 Å². The predicted molar refractivity (Wildman–Crippen MR) is 96.1 cm³/mol. The van der Waals surface area contributed by atoms with E-state index in [1.165, 1.54) is 64.9 Å². The van der Waals surface area contributed by atoms with Crippen molar-refractivity contribution in [2.75, 3.05) is 28.4 Å². The number of hydrogen-bond donors (Lipinski definition) is 0. The fourth-order valence-electron chi connectivity index (χ4n) is 1.96. The lowest BCUT2D eigenvalue weighted by Crippen LogP contribution is -1.97. The van der Waals surface area contributed by atoms with Gasteiger partial charge in [0, 0.05) is 29.4 Å². The summed E-state index contributed by atoms with van der Waals surface area (Å²) in [7, 11) is 5.27. The molecule has 0 bridgehead atoms. The maximum Gasteiger partial charge on any atom is 0.330 e. The molecule has 0 unspecified atom stereocenters. The minimum Gasteiger partial charge on any atom is -0.496 e. The molecule has 0 aliphatic heterocycles. The first kappa shape index (κ1) is 20.7. The Bertz CT molecular complexity index is 710. The summed E-state index contributed by atoms with van der Waals surface area (Å²) in [6, 6.07) is 3.40. The summed E-state index contributed by atoms with van der Waals surface area (Å²) in [6.07, 6.45) is 8.28. The zero-order valence-corrected chi connectivity index (χ0v) is 15.0. The summed E-state index contributed by atoms with van der Waals surface area (Å²) >= 11 is 0. The van der Waals surface area contributed by atoms with Crippen molar-refractivity contribution in [2.24, 2.45) is 0 Å². The average Bonchev–Trinajstić information content (AvgIpc) is 2.67. The molecule has 1 rings (SSSR count). The molecule has 0 heterocycles. The summed E-state index contributed by atoms with van der Waals surface area (Å²) in [6.45, 7) is 0. The van der Waals surface area contributed by atoms with Gasteiger partial charge in [-0.05, 0) is 35.9 Å². The molecule has 0 fully saturated rings. The van der Waals surface area contributed by atoms with E-state index in [2.05, 4.69) is 14.2 Å². The highest BCUT2D eigenvalue weighted by atomic mass is 16.5. The first-order valence-electron chi connectivity index (χ1n) is 7.45. The molecule has 0 aliphatic carbocycles. The van der Waals surface area contributed by atoms with E-state index in [-0.39, 0.29) is 0 Å². The van der Waals surface area contributed by atoms with Gasteiger partial charge in [-0.1, -0.05) is 0 Å². The lowest BCUT2D eigenvalue weighted by atomic mass is 10.0. The summed E-state index contributed by atoms with van der Waals surface area (Å²) < 4.78 is 19.1. The van der Waals surface area contributed by atoms with Gasteiger partial charge in [0.15, 0.2) is 0 Å². The van der Waals surface area contributed by atoms with Gasteiger partial charge < -0.3 is 18.9 Å². The molecule has 1 aromatic rings. The second kappa shape index (κ2) is 10.5. The van der Waals surface area contributed by atoms with Crippen LogP contribution in [0.15, 0.2) is 30.4 Å². The number of benzene rings is 1. The lowest BCUT2D eigenvalue weighted by molar-refractivity contribution is -0.135. The first-order chi connectivity index (χ1) is 12.4. The zero-order valence-electron chi connectivity index (χ0n) is 15.0. The first-order valence-corrected chi connectivity index (χ1v) is 7.45. The van der Waals surface area contributed by atoms with Gasteiger partial charge in [-0.2, -0.15) is 0 Å². The van der Waals surface area contributed by atoms with Crippen LogP contribution in [0.3, 0.4) is 0 Å². The number of carbonyl (C=O) groups excluding carboxylic acids is 3. The third-order valence-corrected chi connectivity index (χ3v) is 3.19. The van der Waals surface area contributed by atoms with E-state index in [4.69, 9.17) is 4.74 Å². The van der Waals surface area contributed by atoms with E-state index < -0.39 is 17.9 Å².